The molecule has 1 amide bonds. The van der Waals surface area contributed by atoms with E-state index in [0.29, 0.717) is 0 Å². The molecule has 4 N–H and O–H groups in total. The van der Waals surface area contributed by atoms with Gasteiger partial charge in [0.15, 0.2) is 0 Å². The standard InChI is InChI=1S/C10H20FN3O2/c1-10(2,3)16-9(15)14-4-6(11)8(13)7(12)5-14/h6-8H,4-5,12-13H2,1-3H3. The molecule has 0 spiro atoms. The van der Waals surface area contributed by atoms with Crippen molar-refractivity contribution in [2.24, 2.45) is 11.5 Å². The zero-order chi connectivity index (χ0) is 12.5. The lowest BCUT2D eigenvalue weighted by Gasteiger charge is -2.37. The minimum Gasteiger partial charge on any atom is -0.444 e. The van der Waals surface area contributed by atoms with Gasteiger partial charge in [0.05, 0.1) is 12.6 Å². The van der Waals surface area contributed by atoms with Crippen molar-refractivity contribution >= 4 is 6.09 Å². The van der Waals surface area contributed by atoms with E-state index in [1.54, 1.807) is 20.8 Å². The van der Waals surface area contributed by atoms with Crippen molar-refractivity contribution in [3.05, 3.63) is 0 Å². The van der Waals surface area contributed by atoms with Crippen molar-refractivity contribution in [3.8, 4) is 0 Å². The summed E-state index contributed by atoms with van der Waals surface area (Å²) >= 11 is 0. The second-order valence-electron chi connectivity index (χ2n) is 5.14. The largest absolute Gasteiger partial charge is 0.444 e. The number of hydrogen-bond acceptors (Lipinski definition) is 4. The lowest BCUT2D eigenvalue weighted by Crippen LogP contribution is -2.62. The minimum absolute atomic E-state index is 0.0518. The number of carbonyl (C=O) groups excluding carboxylic acids is 1. The number of nitrogens with zero attached hydrogens (tertiary/aromatic N) is 1. The van der Waals surface area contributed by atoms with Gasteiger partial charge in [0.25, 0.3) is 0 Å². The molecule has 0 saturated carbocycles. The number of ether oxygens (including phenoxy) is 1. The number of carbonyl (C=O) groups is 1. The maximum atomic E-state index is 13.4. The molecule has 0 aliphatic carbocycles. The van der Waals surface area contributed by atoms with Crippen molar-refractivity contribution in [3.63, 3.8) is 0 Å². The fourth-order valence-electron chi connectivity index (χ4n) is 1.53. The van der Waals surface area contributed by atoms with Gasteiger partial charge in [-0.05, 0) is 20.8 Å². The first kappa shape index (κ1) is 13.2. The molecule has 5 nitrogen and oxygen atoms in total. The van der Waals surface area contributed by atoms with Crippen LogP contribution in [-0.4, -0.2) is 47.9 Å². The molecule has 0 aromatic carbocycles. The van der Waals surface area contributed by atoms with Gasteiger partial charge < -0.3 is 21.1 Å². The van der Waals surface area contributed by atoms with Crippen LogP contribution in [0.5, 0.6) is 0 Å². The molecule has 1 fully saturated rings. The van der Waals surface area contributed by atoms with Gasteiger partial charge in [-0.3, -0.25) is 0 Å². The molecule has 1 saturated heterocycles. The van der Waals surface area contributed by atoms with Gasteiger partial charge in [-0.2, -0.15) is 0 Å². The molecule has 1 aliphatic rings. The number of rotatable bonds is 0. The van der Waals surface area contributed by atoms with E-state index >= 15 is 0 Å². The van der Waals surface area contributed by atoms with Crippen LogP contribution in [0, 0.1) is 0 Å². The summed E-state index contributed by atoms with van der Waals surface area (Å²) in [6, 6.07) is -1.25. The van der Waals surface area contributed by atoms with Crippen LogP contribution >= 0.6 is 0 Å². The second kappa shape index (κ2) is 4.55. The smallest absolute Gasteiger partial charge is 0.410 e. The van der Waals surface area contributed by atoms with Gasteiger partial charge in [-0.25, -0.2) is 9.18 Å². The zero-order valence-electron chi connectivity index (χ0n) is 9.94. The van der Waals surface area contributed by atoms with Crippen LogP contribution < -0.4 is 11.5 Å². The summed E-state index contributed by atoms with van der Waals surface area (Å²) in [5, 5.41) is 0. The molecule has 3 atom stereocenters. The average Bonchev–Trinajstić information content (AvgIpc) is 2.10. The third kappa shape index (κ3) is 3.31. The van der Waals surface area contributed by atoms with E-state index in [1.807, 2.05) is 0 Å². The van der Waals surface area contributed by atoms with E-state index in [2.05, 4.69) is 0 Å². The Bertz CT molecular complexity index is 255. The molecular formula is C10H20FN3O2. The summed E-state index contributed by atoms with van der Waals surface area (Å²) in [6.45, 7) is 5.45. The van der Waals surface area contributed by atoms with E-state index in [1.165, 1.54) is 4.90 Å². The first-order chi connectivity index (χ1) is 7.20. The Morgan fingerprint density at radius 2 is 1.94 bits per heavy atom. The maximum Gasteiger partial charge on any atom is 0.410 e. The third-order valence-electron chi connectivity index (χ3n) is 2.39. The fraction of sp³-hybridized carbons (Fsp3) is 0.900. The first-order valence-electron chi connectivity index (χ1n) is 5.34. The number of amides is 1. The molecule has 0 bridgehead atoms. The lowest BCUT2D eigenvalue weighted by molar-refractivity contribution is 0.00863. The first-order valence-corrected chi connectivity index (χ1v) is 5.34. The maximum absolute atomic E-state index is 13.4. The summed E-state index contributed by atoms with van der Waals surface area (Å²) in [4.78, 5) is 12.9. The van der Waals surface area contributed by atoms with E-state index < -0.39 is 29.9 Å². The SMILES string of the molecule is CC(C)(C)OC(=O)N1CC(N)C(N)C(F)C1. The Morgan fingerprint density at radius 3 is 2.38 bits per heavy atom. The Balaban J connectivity index is 2.58. The van der Waals surface area contributed by atoms with Crippen LogP contribution in [0.3, 0.4) is 0 Å². The third-order valence-corrected chi connectivity index (χ3v) is 2.39. The molecule has 6 heteroatoms. The van der Waals surface area contributed by atoms with Crippen molar-refractivity contribution in [2.45, 2.75) is 44.6 Å². The van der Waals surface area contributed by atoms with Crippen LogP contribution in [0.15, 0.2) is 0 Å². The minimum atomic E-state index is -1.30. The van der Waals surface area contributed by atoms with Crippen LogP contribution in [0.1, 0.15) is 20.8 Å². The van der Waals surface area contributed by atoms with Gasteiger partial charge in [0.2, 0.25) is 0 Å². The second-order valence-corrected chi connectivity index (χ2v) is 5.14. The van der Waals surface area contributed by atoms with Crippen molar-refractivity contribution < 1.29 is 13.9 Å². The van der Waals surface area contributed by atoms with Crippen molar-refractivity contribution in [1.82, 2.24) is 4.90 Å². The number of nitrogens with two attached hydrogens (primary N) is 2. The average molecular weight is 233 g/mol. The van der Waals surface area contributed by atoms with Crippen LogP contribution in [0.4, 0.5) is 9.18 Å². The molecular weight excluding hydrogens is 213 g/mol. The zero-order valence-corrected chi connectivity index (χ0v) is 9.94. The topological polar surface area (TPSA) is 81.6 Å². The number of likely N-dealkylation sites (tertiary alicyclic amines) is 1. The molecule has 0 radical (unpaired) electrons. The monoisotopic (exact) mass is 233 g/mol. The van der Waals surface area contributed by atoms with E-state index in [4.69, 9.17) is 16.2 Å². The fourth-order valence-corrected chi connectivity index (χ4v) is 1.53. The predicted molar refractivity (Wildman–Crippen MR) is 58.7 cm³/mol. The van der Waals surface area contributed by atoms with Crippen LogP contribution in [0.2, 0.25) is 0 Å². The highest BCUT2D eigenvalue weighted by atomic mass is 19.1. The molecule has 1 aliphatic heterocycles. The summed E-state index contributed by atoms with van der Waals surface area (Å²) in [6.07, 6.45) is -1.84. The van der Waals surface area contributed by atoms with Gasteiger partial charge in [-0.1, -0.05) is 0 Å². The Morgan fingerprint density at radius 1 is 1.38 bits per heavy atom. The highest BCUT2D eigenvalue weighted by Gasteiger charge is 2.36. The van der Waals surface area contributed by atoms with Gasteiger partial charge >= 0.3 is 6.09 Å². The van der Waals surface area contributed by atoms with Crippen LogP contribution in [0.25, 0.3) is 0 Å². The van der Waals surface area contributed by atoms with E-state index in [0.717, 1.165) is 0 Å². The summed E-state index contributed by atoms with van der Waals surface area (Å²) in [7, 11) is 0. The Labute approximate surface area is 94.9 Å². The summed E-state index contributed by atoms with van der Waals surface area (Å²) in [5.74, 6) is 0. The van der Waals surface area contributed by atoms with Crippen LogP contribution in [-0.2, 0) is 4.74 Å². The summed E-state index contributed by atoms with van der Waals surface area (Å²) in [5.41, 5.74) is 10.6. The molecule has 3 unspecified atom stereocenters. The van der Waals surface area contributed by atoms with Crippen molar-refractivity contribution in [2.75, 3.05) is 13.1 Å². The normalized spacial score (nSPS) is 31.4. The summed E-state index contributed by atoms with van der Waals surface area (Å²) < 4.78 is 18.5. The van der Waals surface area contributed by atoms with E-state index in [-0.39, 0.29) is 13.1 Å². The number of piperidine rings is 1. The molecule has 0 aromatic heterocycles. The Hall–Kier alpha value is -0.880. The number of alkyl halides is 1. The highest BCUT2D eigenvalue weighted by Crippen LogP contribution is 2.16. The van der Waals surface area contributed by atoms with Crippen molar-refractivity contribution in [1.29, 1.82) is 0 Å². The number of halogens is 1. The van der Waals surface area contributed by atoms with Gasteiger partial charge in [0.1, 0.15) is 11.8 Å². The molecule has 94 valence electrons. The Kier molecular flexibility index (Phi) is 3.75. The quantitative estimate of drug-likeness (QED) is 0.627. The lowest BCUT2D eigenvalue weighted by atomic mass is 10.00. The van der Waals surface area contributed by atoms with Gasteiger partial charge in [-0.15, -0.1) is 0 Å². The molecule has 0 aromatic rings. The van der Waals surface area contributed by atoms with Gasteiger partial charge in [0, 0.05) is 12.6 Å². The predicted octanol–water partition coefficient (Wildman–Crippen LogP) is 0.230. The molecule has 1 heterocycles. The molecule has 16 heavy (non-hydrogen) atoms. The number of hydrogen-bond donors (Lipinski definition) is 2. The molecule has 1 rings (SSSR count). The highest BCUT2D eigenvalue weighted by molar-refractivity contribution is 5.68. The van der Waals surface area contributed by atoms with E-state index in [9.17, 15) is 9.18 Å².